The number of fused-ring (bicyclic) bond motifs is 3. The Morgan fingerprint density at radius 3 is 2.23 bits per heavy atom. The van der Waals surface area contributed by atoms with Crippen molar-refractivity contribution in [3.8, 4) is 11.8 Å². The monoisotopic (exact) mass is 827 g/mol. The number of rotatable bonds is 10. The van der Waals surface area contributed by atoms with Crippen LogP contribution in [0.4, 0.5) is 0 Å². The molecule has 7 aliphatic carbocycles. The Balaban J connectivity index is 1.19. The van der Waals surface area contributed by atoms with Crippen molar-refractivity contribution in [2.45, 2.75) is 187 Å². The molecule has 4 bridgehead atoms. The van der Waals surface area contributed by atoms with E-state index in [-0.39, 0.29) is 41.1 Å². The summed E-state index contributed by atoms with van der Waals surface area (Å²) in [5.41, 5.74) is -1.54. The van der Waals surface area contributed by atoms with E-state index >= 15 is 0 Å². The van der Waals surface area contributed by atoms with E-state index in [1.807, 2.05) is 6.92 Å². The van der Waals surface area contributed by atoms with Gasteiger partial charge in [-0.05, 0) is 147 Å². The fourth-order valence-corrected chi connectivity index (χ4v) is 18.0. The summed E-state index contributed by atoms with van der Waals surface area (Å²) >= 11 is 0. The second-order valence-corrected chi connectivity index (χ2v) is 23.5. The molecule has 1 aromatic rings. The molecular weight excluding hydrogens is 749 g/mol. The molecule has 7 nitrogen and oxygen atoms in total. The molecule has 0 amide bonds. The van der Waals surface area contributed by atoms with Crippen LogP contribution in [0.25, 0.3) is 0 Å². The van der Waals surface area contributed by atoms with Crippen LogP contribution in [0.1, 0.15) is 168 Å². The van der Waals surface area contributed by atoms with Gasteiger partial charge < -0.3 is 29.9 Å². The quantitative estimate of drug-likeness (QED) is 0.174. The Hall–Kier alpha value is -1.95. The number of carbonyl (C=O) groups is 1. The highest BCUT2D eigenvalue weighted by atomic mass is 16.6. The highest BCUT2D eigenvalue weighted by Gasteiger charge is 2.87. The number of aliphatic hydroxyl groups is 3. The largest absolute Gasteiger partial charge is 0.481 e. The number of benzene rings is 1. The van der Waals surface area contributed by atoms with Crippen LogP contribution in [-0.4, -0.2) is 64.7 Å². The van der Waals surface area contributed by atoms with E-state index in [0.717, 1.165) is 82.1 Å². The minimum absolute atomic E-state index is 0.0631. The Labute approximate surface area is 361 Å². The fourth-order valence-electron chi connectivity index (χ4n) is 18.0. The molecule has 9 rings (SSSR count). The van der Waals surface area contributed by atoms with Gasteiger partial charge in [0.2, 0.25) is 0 Å². The van der Waals surface area contributed by atoms with Gasteiger partial charge in [0.15, 0.2) is 5.79 Å². The van der Waals surface area contributed by atoms with Gasteiger partial charge >= 0.3 is 5.97 Å². The number of hydrogen-bond acceptors (Lipinski definition) is 6. The van der Waals surface area contributed by atoms with Crippen LogP contribution in [0, 0.1) is 78.8 Å². The summed E-state index contributed by atoms with van der Waals surface area (Å²) in [7, 11) is 1.73. The molecule has 1 aliphatic heterocycles. The van der Waals surface area contributed by atoms with Gasteiger partial charge in [-0.15, -0.1) is 5.92 Å². The van der Waals surface area contributed by atoms with Gasteiger partial charge in [0.1, 0.15) is 0 Å². The van der Waals surface area contributed by atoms with Crippen molar-refractivity contribution in [3.05, 3.63) is 35.4 Å². The molecule has 6 saturated carbocycles. The minimum Gasteiger partial charge on any atom is -0.481 e. The van der Waals surface area contributed by atoms with E-state index in [4.69, 9.17) is 9.47 Å². The first kappa shape index (κ1) is 43.3. The van der Waals surface area contributed by atoms with Gasteiger partial charge in [0.25, 0.3) is 0 Å². The third-order valence-electron chi connectivity index (χ3n) is 21.8. The highest BCUT2D eigenvalue weighted by Crippen LogP contribution is 2.87. The topological polar surface area (TPSA) is 116 Å². The zero-order valence-electron chi connectivity index (χ0n) is 38.1. The molecule has 4 N–H and O–H groups in total. The van der Waals surface area contributed by atoms with Gasteiger partial charge in [0.05, 0.1) is 30.8 Å². The van der Waals surface area contributed by atoms with Gasteiger partial charge in [-0.25, -0.2) is 0 Å². The van der Waals surface area contributed by atoms with Crippen LogP contribution < -0.4 is 0 Å². The maximum Gasteiger partial charge on any atom is 0.309 e. The standard InChI is InChI=1S/C53H78O7/c1-36-51-30-29-50-21-9-12-38(14-13-37-10-7-8-11-37)19-22-49(41-33-46(3,44(56)57)24-23-45(41,2)25-26-47(49,50)4)28-27-48(50,5)52(51,35-54)42(55)34-53(36,58)60-43(51)32-40-17-15-39(16-18-40)20-31-59-6/h15-18,36-38,41-43,54-55,58H,7-8,10-14,19-20,22-35H2,1-6H3,(H,56,57)/t36-,38+,41-,42-,43-,45-,46-,47+,48-,49+,50-,51-,52+,53+/m1/s1. The molecule has 60 heavy (non-hydrogen) atoms. The molecule has 0 radical (unpaired) electrons. The minimum atomic E-state index is -1.49. The Morgan fingerprint density at radius 2 is 1.53 bits per heavy atom. The molecule has 1 aromatic carbocycles. The molecule has 2 spiro atoms. The lowest BCUT2D eigenvalue weighted by molar-refractivity contribution is -0.355. The summed E-state index contributed by atoms with van der Waals surface area (Å²) < 4.78 is 12.3. The van der Waals surface area contributed by atoms with E-state index in [9.17, 15) is 25.2 Å². The molecule has 14 atom stereocenters. The molecular formula is C53H78O7. The van der Waals surface area contributed by atoms with Crippen molar-refractivity contribution in [1.29, 1.82) is 0 Å². The van der Waals surface area contributed by atoms with Gasteiger partial charge in [-0.1, -0.05) is 90.0 Å². The lowest BCUT2D eigenvalue weighted by atomic mass is 9.21. The fraction of sp³-hybridized carbons (Fsp3) is 0.830. The van der Waals surface area contributed by atoms with Crippen molar-refractivity contribution in [2.24, 2.45) is 67.0 Å². The smallest absolute Gasteiger partial charge is 0.309 e. The Kier molecular flexibility index (Phi) is 10.7. The number of carboxylic acid groups (broad SMARTS) is 1. The SMILES string of the molecule is COCCc1ccc(C[C@H]2O[C@@]3(O)C[C@@H](O)[C@]4(CO)[C@]2(CC[C@@]25C#CC[C@@H](CCC6CCCC6)CC[C@]6(CC[C@]24C)[C@@H]2C[C@](C)(C(=O)O)CC[C@]2(C)CC[C@@]65C)[C@H]3C)cc1. The summed E-state index contributed by atoms with van der Waals surface area (Å²) in [4.78, 5) is 13.2. The van der Waals surface area contributed by atoms with Crippen molar-refractivity contribution in [1.82, 2.24) is 0 Å². The van der Waals surface area contributed by atoms with E-state index in [2.05, 4.69) is 63.8 Å². The molecule has 1 saturated heterocycles. The predicted molar refractivity (Wildman–Crippen MR) is 234 cm³/mol. The van der Waals surface area contributed by atoms with Gasteiger partial charge in [-0.3, -0.25) is 4.79 Å². The number of hydrogen-bond donors (Lipinski definition) is 4. The van der Waals surface area contributed by atoms with E-state index < -0.39 is 51.0 Å². The second kappa shape index (κ2) is 14.8. The molecule has 0 aromatic heterocycles. The summed E-state index contributed by atoms with van der Waals surface area (Å²) in [6.07, 6.45) is 19.0. The van der Waals surface area contributed by atoms with Crippen molar-refractivity contribution >= 4 is 5.97 Å². The van der Waals surface area contributed by atoms with Gasteiger partial charge in [-0.2, -0.15) is 0 Å². The molecule has 1 heterocycles. The third-order valence-corrected chi connectivity index (χ3v) is 21.8. The maximum absolute atomic E-state index is 13.2. The van der Waals surface area contributed by atoms with Gasteiger partial charge in [0, 0.05) is 42.1 Å². The van der Waals surface area contributed by atoms with Crippen LogP contribution >= 0.6 is 0 Å². The van der Waals surface area contributed by atoms with Crippen LogP contribution in [0.3, 0.4) is 0 Å². The summed E-state index contributed by atoms with van der Waals surface area (Å²) in [6.45, 7) is 12.2. The van der Waals surface area contributed by atoms with Crippen molar-refractivity contribution in [2.75, 3.05) is 20.3 Å². The predicted octanol–water partition coefficient (Wildman–Crippen LogP) is 9.91. The number of carboxylic acids is 1. The average Bonchev–Trinajstić information content (AvgIpc) is 3.80. The normalized spacial score (nSPS) is 49.5. The van der Waals surface area contributed by atoms with Crippen LogP contribution in [0.15, 0.2) is 24.3 Å². The Morgan fingerprint density at radius 1 is 0.850 bits per heavy atom. The van der Waals surface area contributed by atoms with E-state index in [1.165, 1.54) is 44.1 Å². The first-order valence-corrected chi connectivity index (χ1v) is 24.5. The summed E-state index contributed by atoms with van der Waals surface area (Å²) in [5, 5.41) is 48.8. The first-order chi connectivity index (χ1) is 28.5. The molecule has 7 fully saturated rings. The number of aliphatic carboxylic acids is 1. The molecule has 0 unspecified atom stereocenters. The van der Waals surface area contributed by atoms with E-state index in [0.29, 0.717) is 31.8 Å². The highest BCUT2D eigenvalue weighted by molar-refractivity contribution is 5.74. The third kappa shape index (κ3) is 5.61. The molecule has 8 aliphatic rings. The first-order valence-electron chi connectivity index (χ1n) is 24.5. The zero-order chi connectivity index (χ0) is 42.6. The average molecular weight is 827 g/mol. The Bertz CT molecular complexity index is 1860. The van der Waals surface area contributed by atoms with Crippen molar-refractivity contribution in [3.63, 3.8) is 0 Å². The lowest BCUT2D eigenvalue weighted by Gasteiger charge is -2.81. The summed E-state index contributed by atoms with van der Waals surface area (Å²) in [5.74, 6) is 7.43. The van der Waals surface area contributed by atoms with Crippen LogP contribution in [-0.2, 0) is 27.1 Å². The van der Waals surface area contributed by atoms with E-state index in [1.54, 1.807) is 7.11 Å². The van der Waals surface area contributed by atoms with Crippen LogP contribution in [0.2, 0.25) is 0 Å². The lowest BCUT2D eigenvalue weighted by Crippen LogP contribution is -2.80. The molecule has 332 valence electrons. The second-order valence-electron chi connectivity index (χ2n) is 23.5. The number of ether oxygens (including phenoxy) is 2. The molecule has 7 heteroatoms. The number of methoxy groups -OCH3 is 1. The summed E-state index contributed by atoms with van der Waals surface area (Å²) in [6, 6.07) is 8.71. The number of aliphatic hydroxyl groups excluding tert-OH is 2. The van der Waals surface area contributed by atoms with Crippen molar-refractivity contribution < 1.29 is 34.7 Å². The maximum atomic E-state index is 13.2. The van der Waals surface area contributed by atoms with Crippen LogP contribution in [0.5, 0.6) is 0 Å². The zero-order valence-corrected chi connectivity index (χ0v) is 38.1.